The van der Waals surface area contributed by atoms with Gasteiger partial charge in [0.05, 0.1) is 6.54 Å². The van der Waals surface area contributed by atoms with E-state index < -0.39 is 41.7 Å². The first-order valence-corrected chi connectivity index (χ1v) is 10.8. The first-order chi connectivity index (χ1) is 15.7. The van der Waals surface area contributed by atoms with Crippen LogP contribution < -0.4 is 15.8 Å². The summed E-state index contributed by atoms with van der Waals surface area (Å²) in [6, 6.07) is 2.92. The molecule has 34 heavy (non-hydrogen) atoms. The fraction of sp³-hybridized carbons (Fsp3) is 0.571. The Morgan fingerprint density at radius 2 is 1.94 bits per heavy atom. The Labute approximate surface area is 198 Å². The molecule has 1 saturated heterocycles. The van der Waals surface area contributed by atoms with Crippen molar-refractivity contribution in [2.45, 2.75) is 37.7 Å². The van der Waals surface area contributed by atoms with E-state index >= 15 is 0 Å². The molecule has 1 aromatic carbocycles. The summed E-state index contributed by atoms with van der Waals surface area (Å²) < 4.78 is 5.77. The number of benzene rings is 1. The number of hydrogen-bond acceptors (Lipinski definition) is 9. The van der Waals surface area contributed by atoms with Gasteiger partial charge in [0, 0.05) is 33.7 Å². The molecule has 0 saturated carbocycles. The Morgan fingerprint density at radius 1 is 1.32 bits per heavy atom. The minimum Gasteiger partial charge on any atom is -0.507 e. The van der Waals surface area contributed by atoms with Gasteiger partial charge in [-0.25, -0.2) is 4.79 Å². The normalized spacial score (nSPS) is 16.7. The third-order valence-corrected chi connectivity index (χ3v) is 5.68. The zero-order chi connectivity index (χ0) is 25.8. The minimum atomic E-state index is -1.60. The minimum absolute atomic E-state index is 0.00829. The number of likely N-dealkylation sites (tertiary alicyclic amines) is 1. The second-order valence-electron chi connectivity index (χ2n) is 9.17. The lowest BCUT2D eigenvalue weighted by Crippen LogP contribution is -2.64. The number of carboxylic acid groups (broad SMARTS) is 1. The number of carbonyl (C=O) groups excluding carboxylic acids is 2. The van der Waals surface area contributed by atoms with Crippen LogP contribution in [0.2, 0.25) is 5.82 Å². The molecule has 2 rings (SSSR count). The van der Waals surface area contributed by atoms with Crippen LogP contribution in [0.3, 0.4) is 0 Å². The highest BCUT2D eigenvalue weighted by atomic mass is 16.5. The molecule has 0 radical (unpaired) electrons. The molecular weight excluding hydrogens is 447 g/mol. The SMILES string of the molecule is C[C@@H](Cc1ccc(OC2CN(CC(C)(N)C(=O)NCC(=O)N(C)C)C2)c(C(=O)O)c1O)B(O)O. The van der Waals surface area contributed by atoms with Crippen molar-refractivity contribution in [1.29, 1.82) is 0 Å². The van der Waals surface area contributed by atoms with Crippen LogP contribution in [0.25, 0.3) is 0 Å². The monoisotopic (exact) mass is 480 g/mol. The highest BCUT2D eigenvalue weighted by molar-refractivity contribution is 6.43. The number of aromatic hydroxyl groups is 1. The topological polar surface area (TPSA) is 186 Å². The van der Waals surface area contributed by atoms with E-state index in [0.29, 0.717) is 13.1 Å². The number of ether oxygens (including phenoxy) is 1. The number of hydrogen-bond donors (Lipinski definition) is 6. The molecule has 0 aliphatic carbocycles. The van der Waals surface area contributed by atoms with E-state index in [2.05, 4.69) is 5.32 Å². The van der Waals surface area contributed by atoms with Crippen molar-refractivity contribution in [2.75, 3.05) is 40.3 Å². The van der Waals surface area contributed by atoms with Gasteiger partial charge in [-0.2, -0.15) is 0 Å². The maximum atomic E-state index is 12.4. The van der Waals surface area contributed by atoms with E-state index in [1.165, 1.54) is 17.0 Å². The third kappa shape index (κ3) is 6.82. The molecule has 0 aromatic heterocycles. The summed E-state index contributed by atoms with van der Waals surface area (Å²) in [7, 11) is 1.56. The van der Waals surface area contributed by atoms with Crippen molar-refractivity contribution >= 4 is 24.9 Å². The number of nitrogens with zero attached hydrogens (tertiary/aromatic N) is 2. The van der Waals surface area contributed by atoms with Crippen LogP contribution in [0, 0.1) is 0 Å². The number of nitrogens with two attached hydrogens (primary N) is 1. The molecule has 1 aliphatic rings. The molecule has 1 aliphatic heterocycles. The first kappa shape index (κ1) is 27.4. The summed E-state index contributed by atoms with van der Waals surface area (Å²) in [5, 5.41) is 41.1. The summed E-state index contributed by atoms with van der Waals surface area (Å²) in [4.78, 5) is 39.0. The highest BCUT2D eigenvalue weighted by Crippen LogP contribution is 2.35. The molecule has 7 N–H and O–H groups in total. The molecular formula is C21H33BN4O8. The molecule has 13 heteroatoms. The highest BCUT2D eigenvalue weighted by Gasteiger charge is 2.38. The Morgan fingerprint density at radius 3 is 2.47 bits per heavy atom. The summed E-state index contributed by atoms with van der Waals surface area (Å²) in [6.07, 6.45) is -0.311. The van der Waals surface area contributed by atoms with Crippen LogP contribution in [-0.4, -0.2) is 107 Å². The maximum absolute atomic E-state index is 12.4. The van der Waals surface area contributed by atoms with Crippen LogP contribution in [-0.2, 0) is 16.0 Å². The molecule has 2 atom stereocenters. The summed E-state index contributed by atoms with van der Waals surface area (Å²) in [6.45, 7) is 3.92. The second-order valence-corrected chi connectivity index (χ2v) is 9.17. The molecule has 188 valence electrons. The molecule has 1 unspecified atom stereocenters. The number of amides is 2. The van der Waals surface area contributed by atoms with E-state index in [1.807, 2.05) is 4.90 Å². The Bertz CT molecular complexity index is 918. The largest absolute Gasteiger partial charge is 0.507 e. The van der Waals surface area contributed by atoms with Crippen molar-refractivity contribution < 1.29 is 39.4 Å². The van der Waals surface area contributed by atoms with Crippen LogP contribution in [0.1, 0.15) is 29.8 Å². The number of carbonyl (C=O) groups is 3. The molecule has 1 aromatic rings. The van der Waals surface area contributed by atoms with E-state index in [0.717, 1.165) is 0 Å². The van der Waals surface area contributed by atoms with Gasteiger partial charge in [0.15, 0.2) is 0 Å². The molecule has 2 amide bonds. The Kier molecular flexibility index (Phi) is 8.89. The predicted octanol–water partition coefficient (Wildman–Crippen LogP) is -1.52. The van der Waals surface area contributed by atoms with Crippen molar-refractivity contribution in [2.24, 2.45) is 5.73 Å². The van der Waals surface area contributed by atoms with Crippen LogP contribution in [0.15, 0.2) is 12.1 Å². The second kappa shape index (κ2) is 11.0. The van der Waals surface area contributed by atoms with Crippen LogP contribution >= 0.6 is 0 Å². The lowest BCUT2D eigenvalue weighted by molar-refractivity contribution is -0.133. The average Bonchev–Trinajstić information content (AvgIpc) is 2.71. The predicted molar refractivity (Wildman–Crippen MR) is 124 cm³/mol. The number of likely N-dealkylation sites (N-methyl/N-ethyl adjacent to an activating group) is 1. The van der Waals surface area contributed by atoms with Crippen LogP contribution in [0.5, 0.6) is 11.5 Å². The lowest BCUT2D eigenvalue weighted by Gasteiger charge is -2.42. The quantitative estimate of drug-likeness (QED) is 0.203. The van der Waals surface area contributed by atoms with Gasteiger partial charge in [-0.3, -0.25) is 14.5 Å². The molecule has 1 heterocycles. The Hall–Kier alpha value is -2.87. The van der Waals surface area contributed by atoms with E-state index in [4.69, 9.17) is 10.5 Å². The van der Waals surface area contributed by atoms with E-state index in [-0.39, 0.29) is 42.8 Å². The van der Waals surface area contributed by atoms with Crippen molar-refractivity contribution in [3.05, 3.63) is 23.3 Å². The molecule has 1 fully saturated rings. The van der Waals surface area contributed by atoms with Gasteiger partial charge in [0.1, 0.15) is 28.7 Å². The summed E-state index contributed by atoms with van der Waals surface area (Å²) >= 11 is 0. The number of rotatable bonds is 11. The van der Waals surface area contributed by atoms with Crippen LogP contribution in [0.4, 0.5) is 0 Å². The maximum Gasteiger partial charge on any atom is 0.454 e. The number of phenols is 1. The fourth-order valence-electron chi connectivity index (χ4n) is 3.50. The molecule has 12 nitrogen and oxygen atoms in total. The zero-order valence-electron chi connectivity index (χ0n) is 19.8. The smallest absolute Gasteiger partial charge is 0.454 e. The van der Waals surface area contributed by atoms with Gasteiger partial charge in [-0.1, -0.05) is 13.0 Å². The van der Waals surface area contributed by atoms with Gasteiger partial charge in [0.2, 0.25) is 11.8 Å². The third-order valence-electron chi connectivity index (χ3n) is 5.68. The lowest BCUT2D eigenvalue weighted by atomic mass is 9.71. The average molecular weight is 480 g/mol. The summed E-state index contributed by atoms with van der Waals surface area (Å²) in [5.41, 5.74) is 4.74. The van der Waals surface area contributed by atoms with Gasteiger partial charge in [0.25, 0.3) is 0 Å². The molecule has 0 spiro atoms. The number of aromatic carboxylic acids is 1. The van der Waals surface area contributed by atoms with Crippen molar-refractivity contribution in [3.63, 3.8) is 0 Å². The zero-order valence-corrected chi connectivity index (χ0v) is 19.8. The van der Waals surface area contributed by atoms with Crippen molar-refractivity contribution in [3.8, 4) is 11.5 Å². The van der Waals surface area contributed by atoms with E-state index in [1.54, 1.807) is 27.9 Å². The molecule has 0 bridgehead atoms. The fourth-order valence-corrected chi connectivity index (χ4v) is 3.50. The number of carboxylic acids is 1. The van der Waals surface area contributed by atoms with E-state index in [9.17, 15) is 34.6 Å². The van der Waals surface area contributed by atoms with Gasteiger partial charge in [-0.15, -0.1) is 0 Å². The first-order valence-electron chi connectivity index (χ1n) is 10.8. The Balaban J connectivity index is 1.96. The van der Waals surface area contributed by atoms with Gasteiger partial charge < -0.3 is 40.9 Å². The van der Waals surface area contributed by atoms with Crippen molar-refractivity contribution in [1.82, 2.24) is 15.1 Å². The number of nitrogens with one attached hydrogen (secondary N) is 1. The standard InChI is InChI=1S/C21H33BN4O8/c1-12(22(32)33)7-13-5-6-15(17(18(13)28)19(29)30)34-14-9-26(10-14)11-21(2,23)20(31)24-8-16(27)25(3)4/h5-6,12,14,28,32-33H,7-11,23H2,1-4H3,(H,24,31)(H,29,30)/t12-,21?/m0/s1. The van der Waals surface area contributed by atoms with Gasteiger partial charge in [-0.05, 0) is 30.8 Å². The van der Waals surface area contributed by atoms with Gasteiger partial charge >= 0.3 is 13.1 Å². The summed E-state index contributed by atoms with van der Waals surface area (Å²) in [5.74, 6) is -3.20.